The highest BCUT2D eigenvalue weighted by atomic mass is 32.2. The highest BCUT2D eigenvalue weighted by molar-refractivity contribution is 8.00. The predicted molar refractivity (Wildman–Crippen MR) is 102 cm³/mol. The fraction of sp³-hybridized carbons (Fsp3) is 0.200. The minimum atomic E-state index is -4.47. The number of imidazole rings is 1. The van der Waals surface area contributed by atoms with E-state index in [2.05, 4.69) is 4.98 Å². The summed E-state index contributed by atoms with van der Waals surface area (Å²) in [5, 5.41) is -0.704. The van der Waals surface area contributed by atoms with E-state index in [0.717, 1.165) is 11.6 Å². The molecular formula is C20H16F3N3OS. The van der Waals surface area contributed by atoms with E-state index >= 15 is 0 Å². The van der Waals surface area contributed by atoms with E-state index in [0.29, 0.717) is 12.2 Å². The van der Waals surface area contributed by atoms with Gasteiger partial charge in [-0.3, -0.25) is 9.69 Å². The van der Waals surface area contributed by atoms with Gasteiger partial charge in [-0.05, 0) is 29.3 Å². The van der Waals surface area contributed by atoms with Gasteiger partial charge in [0.25, 0.3) is 0 Å². The first-order valence-electron chi connectivity index (χ1n) is 8.58. The third-order valence-corrected chi connectivity index (χ3v) is 5.73. The molecule has 28 heavy (non-hydrogen) atoms. The second-order valence-electron chi connectivity index (χ2n) is 6.41. The molecule has 1 unspecified atom stereocenters. The number of aromatic nitrogens is 2. The molecule has 1 aliphatic heterocycles. The minimum Gasteiger partial charge on any atom is -0.333 e. The molecule has 0 N–H and O–H groups in total. The van der Waals surface area contributed by atoms with Crippen molar-refractivity contribution in [2.24, 2.45) is 0 Å². The Hall–Kier alpha value is -2.74. The molecule has 2 heterocycles. The third kappa shape index (κ3) is 3.64. The van der Waals surface area contributed by atoms with Crippen LogP contribution in [0.2, 0.25) is 0 Å². The topological polar surface area (TPSA) is 38.1 Å². The van der Waals surface area contributed by atoms with Crippen LogP contribution in [0.25, 0.3) is 0 Å². The summed E-state index contributed by atoms with van der Waals surface area (Å²) in [7, 11) is 0. The molecule has 0 spiro atoms. The number of amides is 1. The molecule has 0 aliphatic carbocycles. The van der Waals surface area contributed by atoms with E-state index in [-0.39, 0.29) is 17.2 Å². The van der Waals surface area contributed by atoms with Crippen LogP contribution in [-0.4, -0.2) is 21.2 Å². The number of thioether (sulfide) groups is 1. The Morgan fingerprint density at radius 3 is 2.54 bits per heavy atom. The maximum atomic E-state index is 13.4. The van der Waals surface area contributed by atoms with Crippen LogP contribution in [0.3, 0.4) is 0 Å². The van der Waals surface area contributed by atoms with Gasteiger partial charge in [0.1, 0.15) is 5.37 Å². The lowest BCUT2D eigenvalue weighted by Crippen LogP contribution is -2.29. The van der Waals surface area contributed by atoms with Gasteiger partial charge < -0.3 is 4.57 Å². The van der Waals surface area contributed by atoms with E-state index < -0.39 is 17.1 Å². The summed E-state index contributed by atoms with van der Waals surface area (Å²) >= 11 is 1.21. The van der Waals surface area contributed by atoms with Gasteiger partial charge in [-0.1, -0.05) is 30.3 Å². The van der Waals surface area contributed by atoms with Crippen molar-refractivity contribution in [3.63, 3.8) is 0 Å². The second kappa shape index (κ2) is 7.35. The molecule has 4 rings (SSSR count). The monoisotopic (exact) mass is 403 g/mol. The van der Waals surface area contributed by atoms with E-state index in [9.17, 15) is 18.0 Å². The number of benzene rings is 2. The summed E-state index contributed by atoms with van der Waals surface area (Å²) in [6, 6.07) is 12.7. The van der Waals surface area contributed by atoms with Crippen LogP contribution in [0, 0.1) is 0 Å². The van der Waals surface area contributed by atoms with Gasteiger partial charge in [0.05, 0.1) is 17.6 Å². The van der Waals surface area contributed by atoms with Gasteiger partial charge in [-0.25, -0.2) is 4.98 Å². The largest absolute Gasteiger partial charge is 0.416 e. The van der Waals surface area contributed by atoms with E-state index in [1.807, 2.05) is 22.9 Å². The molecule has 1 amide bonds. The average molecular weight is 403 g/mol. The van der Waals surface area contributed by atoms with Crippen LogP contribution in [0.4, 0.5) is 18.9 Å². The van der Waals surface area contributed by atoms with Crippen LogP contribution in [0.15, 0.2) is 67.3 Å². The third-order valence-electron chi connectivity index (χ3n) is 4.54. The molecular weight excluding hydrogens is 387 g/mol. The number of halogens is 3. The Morgan fingerprint density at radius 1 is 1.11 bits per heavy atom. The minimum absolute atomic E-state index is 0.105. The van der Waals surface area contributed by atoms with Crippen molar-refractivity contribution >= 4 is 23.4 Å². The first kappa shape index (κ1) is 18.6. The number of hydrogen-bond acceptors (Lipinski definition) is 3. The molecule has 3 aromatic rings. The number of carbonyl (C=O) groups excluding carboxylic acids is 1. The summed E-state index contributed by atoms with van der Waals surface area (Å²) in [6.45, 7) is 0.628. The molecule has 0 saturated carbocycles. The standard InChI is InChI=1S/C20H16F3N3OS/c21-20(22,23)17-4-2-1-3-16(17)19-26(18(27)12-28-19)15-7-5-14(6-8-15)11-25-10-9-24-13-25/h1-10,13,19H,11-12H2. The van der Waals surface area contributed by atoms with Crippen molar-refractivity contribution < 1.29 is 18.0 Å². The normalized spacial score (nSPS) is 17.3. The second-order valence-corrected chi connectivity index (χ2v) is 7.48. The highest BCUT2D eigenvalue weighted by Crippen LogP contribution is 2.46. The number of rotatable bonds is 4. The fourth-order valence-electron chi connectivity index (χ4n) is 3.26. The maximum absolute atomic E-state index is 13.4. The van der Waals surface area contributed by atoms with Gasteiger partial charge in [0.15, 0.2) is 0 Å². The average Bonchev–Trinajstić information content (AvgIpc) is 3.31. The molecule has 144 valence electrons. The van der Waals surface area contributed by atoms with Crippen molar-refractivity contribution in [1.82, 2.24) is 9.55 Å². The lowest BCUT2D eigenvalue weighted by Gasteiger charge is -2.26. The Balaban J connectivity index is 1.64. The SMILES string of the molecule is O=C1CSC(c2ccccc2C(F)(F)F)N1c1ccc(Cn2ccnc2)cc1. The zero-order valence-corrected chi connectivity index (χ0v) is 15.5. The van der Waals surface area contributed by atoms with Crippen LogP contribution in [-0.2, 0) is 17.5 Å². The summed E-state index contributed by atoms with van der Waals surface area (Å²) in [4.78, 5) is 17.9. The van der Waals surface area contributed by atoms with Crippen LogP contribution < -0.4 is 4.90 Å². The lowest BCUT2D eigenvalue weighted by atomic mass is 10.1. The Kier molecular flexibility index (Phi) is 4.89. The van der Waals surface area contributed by atoms with Crippen molar-refractivity contribution in [2.75, 3.05) is 10.7 Å². The quantitative estimate of drug-likeness (QED) is 0.632. The maximum Gasteiger partial charge on any atom is 0.416 e. The highest BCUT2D eigenvalue weighted by Gasteiger charge is 2.40. The summed E-state index contributed by atoms with van der Waals surface area (Å²) in [6.07, 6.45) is 0.775. The van der Waals surface area contributed by atoms with Crippen molar-refractivity contribution in [3.8, 4) is 0 Å². The number of carbonyl (C=O) groups is 1. The zero-order chi connectivity index (χ0) is 19.7. The number of anilines is 1. The van der Waals surface area contributed by atoms with Gasteiger partial charge in [-0.15, -0.1) is 11.8 Å². The number of hydrogen-bond donors (Lipinski definition) is 0. The lowest BCUT2D eigenvalue weighted by molar-refractivity contribution is -0.138. The number of nitrogens with zero attached hydrogens (tertiary/aromatic N) is 3. The molecule has 8 heteroatoms. The summed E-state index contributed by atoms with van der Waals surface area (Å²) < 4.78 is 42.2. The van der Waals surface area contributed by atoms with E-state index in [1.54, 1.807) is 30.7 Å². The molecule has 0 bridgehead atoms. The molecule has 0 radical (unpaired) electrons. The molecule has 2 aromatic carbocycles. The van der Waals surface area contributed by atoms with Crippen LogP contribution >= 0.6 is 11.8 Å². The molecule has 4 nitrogen and oxygen atoms in total. The number of alkyl halides is 3. The van der Waals surface area contributed by atoms with Crippen molar-refractivity contribution in [2.45, 2.75) is 18.1 Å². The Bertz CT molecular complexity index is 971. The first-order chi connectivity index (χ1) is 13.4. The predicted octanol–water partition coefficient (Wildman–Crippen LogP) is 4.73. The molecule has 1 atom stereocenters. The van der Waals surface area contributed by atoms with Crippen molar-refractivity contribution in [1.29, 1.82) is 0 Å². The Morgan fingerprint density at radius 2 is 1.86 bits per heavy atom. The van der Waals surface area contributed by atoms with E-state index in [1.165, 1.54) is 28.8 Å². The summed E-state index contributed by atoms with van der Waals surface area (Å²) in [5.41, 5.74) is 0.997. The van der Waals surface area contributed by atoms with Crippen molar-refractivity contribution in [3.05, 3.63) is 83.9 Å². The smallest absolute Gasteiger partial charge is 0.333 e. The van der Waals surface area contributed by atoms with Crippen LogP contribution in [0.1, 0.15) is 22.1 Å². The Labute approximate surface area is 164 Å². The fourth-order valence-corrected chi connectivity index (χ4v) is 4.47. The molecule has 1 saturated heterocycles. The molecule has 1 aliphatic rings. The van der Waals surface area contributed by atoms with Gasteiger partial charge >= 0.3 is 6.18 Å². The zero-order valence-electron chi connectivity index (χ0n) is 14.6. The first-order valence-corrected chi connectivity index (χ1v) is 9.63. The van der Waals surface area contributed by atoms with Crippen LogP contribution in [0.5, 0.6) is 0 Å². The molecule has 1 fully saturated rings. The van der Waals surface area contributed by atoms with Gasteiger partial charge in [0.2, 0.25) is 5.91 Å². The van der Waals surface area contributed by atoms with Gasteiger partial charge in [0, 0.05) is 24.6 Å². The van der Waals surface area contributed by atoms with Gasteiger partial charge in [-0.2, -0.15) is 13.2 Å². The summed E-state index contributed by atoms with van der Waals surface area (Å²) in [5.74, 6) is -0.0532. The van der Waals surface area contributed by atoms with E-state index in [4.69, 9.17) is 0 Å². The molecule has 1 aromatic heterocycles.